The first-order valence-corrected chi connectivity index (χ1v) is 7.92. The van der Waals surface area contributed by atoms with Crippen LogP contribution in [0, 0.1) is 0 Å². The molecule has 0 unspecified atom stereocenters. The molecule has 1 aromatic heterocycles. The number of fused-ring (bicyclic) bond motifs is 1. The molecule has 8 heteroatoms. The minimum absolute atomic E-state index is 0.0237. The van der Waals surface area contributed by atoms with Gasteiger partial charge in [0, 0.05) is 20.6 Å². The molecule has 1 heterocycles. The predicted octanol–water partition coefficient (Wildman–Crippen LogP) is 2.94. The van der Waals surface area contributed by atoms with Crippen molar-refractivity contribution in [3.8, 4) is 0 Å². The second-order valence-corrected chi connectivity index (χ2v) is 6.40. The summed E-state index contributed by atoms with van der Waals surface area (Å²) in [6, 6.07) is 5.73. The van der Waals surface area contributed by atoms with Crippen molar-refractivity contribution in [3.63, 3.8) is 0 Å². The highest BCUT2D eigenvalue weighted by Crippen LogP contribution is 2.20. The molecule has 0 aliphatic heterocycles. The first-order chi connectivity index (χ1) is 10.7. The van der Waals surface area contributed by atoms with Gasteiger partial charge in [-0.3, -0.25) is 9.59 Å². The molecule has 2 rings (SSSR count). The van der Waals surface area contributed by atoms with Gasteiger partial charge in [0.1, 0.15) is 0 Å². The lowest BCUT2D eigenvalue weighted by molar-refractivity contribution is -0.184. The molecule has 1 aromatic carbocycles. The third-order valence-electron chi connectivity index (χ3n) is 3.65. The van der Waals surface area contributed by atoms with Crippen molar-refractivity contribution < 1.29 is 18.0 Å². The number of aryl methyl sites for hydroxylation is 2. The Kier molecular flexibility index (Phi) is 5.13. The molecular weight excluding hydrogens is 329 g/mol. The van der Waals surface area contributed by atoms with E-state index in [9.17, 15) is 22.8 Å². The average molecular weight is 346 g/mol. The molecule has 1 amide bonds. The molecule has 0 N–H and O–H groups in total. The van der Waals surface area contributed by atoms with Crippen molar-refractivity contribution in [1.82, 2.24) is 9.47 Å². The minimum Gasteiger partial charge on any atom is -0.338 e. The Hall–Kier alpha value is -1.83. The molecule has 0 saturated carbocycles. The fourth-order valence-corrected chi connectivity index (χ4v) is 3.27. The number of aromatic nitrogens is 1. The monoisotopic (exact) mass is 346 g/mol. The van der Waals surface area contributed by atoms with E-state index < -0.39 is 12.1 Å². The lowest BCUT2D eigenvalue weighted by atomic mass is 10.1. The zero-order valence-electron chi connectivity index (χ0n) is 12.8. The minimum atomic E-state index is -4.81. The van der Waals surface area contributed by atoms with E-state index in [0.717, 1.165) is 22.8 Å². The van der Waals surface area contributed by atoms with Crippen molar-refractivity contribution in [1.29, 1.82) is 0 Å². The van der Waals surface area contributed by atoms with E-state index in [-0.39, 0.29) is 11.4 Å². The molecule has 2 aromatic rings. The predicted molar refractivity (Wildman–Crippen MR) is 83.7 cm³/mol. The van der Waals surface area contributed by atoms with Crippen molar-refractivity contribution in [3.05, 3.63) is 33.4 Å². The van der Waals surface area contributed by atoms with Gasteiger partial charge in [-0.25, -0.2) is 0 Å². The van der Waals surface area contributed by atoms with Crippen LogP contribution in [-0.4, -0.2) is 35.1 Å². The van der Waals surface area contributed by atoms with Crippen molar-refractivity contribution in [2.24, 2.45) is 7.05 Å². The van der Waals surface area contributed by atoms with Crippen molar-refractivity contribution in [2.45, 2.75) is 25.4 Å². The highest BCUT2D eigenvalue weighted by Gasteiger charge is 2.40. The normalized spacial score (nSPS) is 11.9. The van der Waals surface area contributed by atoms with Gasteiger partial charge in [0.05, 0.1) is 10.2 Å². The van der Waals surface area contributed by atoms with Crippen LogP contribution in [0.15, 0.2) is 23.0 Å². The first kappa shape index (κ1) is 17.5. The fraction of sp³-hybridized carbons (Fsp3) is 0.467. The number of unbranched alkanes of at least 4 members (excludes halogenated alkanes) is 1. The second kappa shape index (κ2) is 6.74. The Balaban J connectivity index is 1.87. The van der Waals surface area contributed by atoms with Crippen LogP contribution >= 0.6 is 11.3 Å². The largest absolute Gasteiger partial charge is 0.471 e. The number of alkyl halides is 3. The Morgan fingerprint density at radius 1 is 1.30 bits per heavy atom. The van der Waals surface area contributed by atoms with Gasteiger partial charge in [-0.15, -0.1) is 0 Å². The van der Waals surface area contributed by atoms with Gasteiger partial charge in [-0.05, 0) is 37.0 Å². The highest BCUT2D eigenvalue weighted by atomic mass is 32.1. The standard InChI is InChI=1S/C15H17F3N2O2S/c1-19(13(21)15(16,17)18)8-4-3-5-10-6-7-11-12(9-10)23-14(22)20(11)2/h6-7,9H,3-5,8H2,1-2H3. The summed E-state index contributed by atoms with van der Waals surface area (Å²) in [7, 11) is 2.87. The van der Waals surface area contributed by atoms with Crippen LogP contribution in [0.2, 0.25) is 0 Å². The molecule has 4 nitrogen and oxygen atoms in total. The number of rotatable bonds is 5. The first-order valence-electron chi connectivity index (χ1n) is 7.11. The second-order valence-electron chi connectivity index (χ2n) is 5.41. The number of benzene rings is 1. The number of halogens is 3. The summed E-state index contributed by atoms with van der Waals surface area (Å²) in [5.74, 6) is -1.81. The van der Waals surface area contributed by atoms with Gasteiger partial charge >= 0.3 is 17.0 Å². The maximum absolute atomic E-state index is 12.2. The molecule has 0 radical (unpaired) electrons. The van der Waals surface area contributed by atoms with E-state index in [0.29, 0.717) is 24.2 Å². The molecule has 0 saturated heterocycles. The summed E-state index contributed by atoms with van der Waals surface area (Å²) >= 11 is 1.17. The van der Waals surface area contributed by atoms with E-state index in [2.05, 4.69) is 0 Å². The maximum Gasteiger partial charge on any atom is 0.471 e. The number of hydrogen-bond acceptors (Lipinski definition) is 3. The molecule has 0 fully saturated rings. The summed E-state index contributed by atoms with van der Waals surface area (Å²) in [5.41, 5.74) is 1.91. The third kappa shape index (κ3) is 4.13. The van der Waals surface area contributed by atoms with Crippen molar-refractivity contribution >= 4 is 27.5 Å². The highest BCUT2D eigenvalue weighted by molar-refractivity contribution is 7.16. The fourth-order valence-electron chi connectivity index (χ4n) is 2.33. The summed E-state index contributed by atoms with van der Waals surface area (Å²) in [4.78, 5) is 23.2. The van der Waals surface area contributed by atoms with Gasteiger partial charge < -0.3 is 9.47 Å². The van der Waals surface area contributed by atoms with Crippen LogP contribution in [-0.2, 0) is 18.3 Å². The number of nitrogens with zero attached hydrogens (tertiary/aromatic N) is 2. The Morgan fingerprint density at radius 2 is 2.00 bits per heavy atom. The lowest BCUT2D eigenvalue weighted by Gasteiger charge is -2.18. The molecule has 126 valence electrons. The lowest BCUT2D eigenvalue weighted by Crippen LogP contribution is -2.38. The summed E-state index contributed by atoms with van der Waals surface area (Å²) in [6.07, 6.45) is -2.96. The SMILES string of the molecule is CN(CCCCc1ccc2c(c1)sc(=O)n2C)C(=O)C(F)(F)F. The van der Waals surface area contributed by atoms with Gasteiger partial charge in [0.2, 0.25) is 0 Å². The van der Waals surface area contributed by atoms with E-state index in [1.807, 2.05) is 18.2 Å². The van der Waals surface area contributed by atoms with E-state index in [1.54, 1.807) is 11.6 Å². The number of thiazole rings is 1. The molecule has 0 aliphatic carbocycles. The van der Waals surface area contributed by atoms with Gasteiger partial charge in [0.25, 0.3) is 0 Å². The summed E-state index contributed by atoms with van der Waals surface area (Å²) < 4.78 is 39.2. The van der Waals surface area contributed by atoms with Crippen molar-refractivity contribution in [2.75, 3.05) is 13.6 Å². The smallest absolute Gasteiger partial charge is 0.338 e. The summed E-state index contributed by atoms with van der Waals surface area (Å²) in [5, 5.41) is 0. The van der Waals surface area contributed by atoms with Crippen LogP contribution < -0.4 is 4.87 Å². The zero-order valence-corrected chi connectivity index (χ0v) is 13.6. The van der Waals surface area contributed by atoms with Crippen LogP contribution in [0.5, 0.6) is 0 Å². The molecule has 0 atom stereocenters. The maximum atomic E-state index is 12.2. The van der Waals surface area contributed by atoms with E-state index >= 15 is 0 Å². The number of amides is 1. The van der Waals surface area contributed by atoms with Crippen LogP contribution in [0.3, 0.4) is 0 Å². The van der Waals surface area contributed by atoms with Gasteiger partial charge in [0.15, 0.2) is 0 Å². The van der Waals surface area contributed by atoms with E-state index in [4.69, 9.17) is 0 Å². The number of carbonyl (C=O) groups excluding carboxylic acids is 1. The molecule has 0 bridgehead atoms. The molecular formula is C15H17F3N2O2S. The Labute approximate surface area is 135 Å². The van der Waals surface area contributed by atoms with Gasteiger partial charge in [-0.1, -0.05) is 17.4 Å². The quantitative estimate of drug-likeness (QED) is 0.781. The molecule has 23 heavy (non-hydrogen) atoms. The third-order valence-corrected chi connectivity index (χ3v) is 4.65. The Bertz CT molecular complexity index is 764. The summed E-state index contributed by atoms with van der Waals surface area (Å²) in [6.45, 7) is 0.0687. The molecule has 0 aliphatic rings. The molecule has 0 spiro atoms. The number of carbonyl (C=O) groups is 1. The zero-order chi connectivity index (χ0) is 17.2. The van der Waals surface area contributed by atoms with Crippen LogP contribution in [0.4, 0.5) is 13.2 Å². The van der Waals surface area contributed by atoms with Gasteiger partial charge in [-0.2, -0.15) is 13.2 Å². The Morgan fingerprint density at radius 3 is 2.65 bits per heavy atom. The van der Waals surface area contributed by atoms with Crippen LogP contribution in [0.1, 0.15) is 18.4 Å². The topological polar surface area (TPSA) is 42.3 Å². The van der Waals surface area contributed by atoms with E-state index in [1.165, 1.54) is 11.3 Å². The average Bonchev–Trinajstić information content (AvgIpc) is 2.76. The number of hydrogen-bond donors (Lipinski definition) is 0. The van der Waals surface area contributed by atoms with Crippen LogP contribution in [0.25, 0.3) is 10.2 Å².